The van der Waals surface area contributed by atoms with Crippen LogP contribution in [-0.4, -0.2) is 25.3 Å². The number of hydrogen-bond acceptors (Lipinski definition) is 5. The highest BCUT2D eigenvalue weighted by Crippen LogP contribution is 2.29. The summed E-state index contributed by atoms with van der Waals surface area (Å²) in [4.78, 5) is 12.0. The van der Waals surface area contributed by atoms with Gasteiger partial charge in [0.15, 0.2) is 11.5 Å². The van der Waals surface area contributed by atoms with Gasteiger partial charge in [0, 0.05) is 13.7 Å². The molecule has 3 aromatic rings. The molecule has 8 heteroatoms. The van der Waals surface area contributed by atoms with Gasteiger partial charge in [0.25, 0.3) is 5.91 Å². The lowest BCUT2D eigenvalue weighted by molar-refractivity contribution is -0.119. The maximum atomic E-state index is 12.0. The second kappa shape index (κ2) is 12.4. The van der Waals surface area contributed by atoms with Crippen LogP contribution in [0.25, 0.3) is 0 Å². The van der Waals surface area contributed by atoms with Crippen molar-refractivity contribution >= 4 is 56.3 Å². The maximum absolute atomic E-state index is 12.0. The summed E-state index contributed by atoms with van der Waals surface area (Å²) in [6.45, 7) is 2.99. The highest BCUT2D eigenvalue weighted by Gasteiger charge is 2.07. The second-order valence-electron chi connectivity index (χ2n) is 6.71. The molecule has 0 aliphatic rings. The third-order valence-electron chi connectivity index (χ3n) is 4.28. The zero-order chi connectivity index (χ0) is 22.8. The third-order valence-corrected chi connectivity index (χ3v) is 5.52. The fourth-order valence-corrected chi connectivity index (χ4v) is 3.33. The van der Waals surface area contributed by atoms with Crippen molar-refractivity contribution in [3.05, 3.63) is 85.9 Å². The Balaban J connectivity index is 1.54. The molecule has 0 spiro atoms. The minimum Gasteiger partial charge on any atom is -0.490 e. The van der Waals surface area contributed by atoms with E-state index in [1.165, 1.54) is 0 Å². The van der Waals surface area contributed by atoms with Crippen molar-refractivity contribution in [3.63, 3.8) is 0 Å². The van der Waals surface area contributed by atoms with Crippen molar-refractivity contribution in [1.29, 1.82) is 0 Å². The van der Waals surface area contributed by atoms with Crippen LogP contribution >= 0.6 is 38.5 Å². The summed E-state index contributed by atoms with van der Waals surface area (Å²) in [5.41, 5.74) is 5.25. The SMILES string of the molecule is CCOc1cc(/C=N/NC(=O)CNc2ccc(I)cc2)ccc1OCc1ccc(Br)cc1. The second-order valence-corrected chi connectivity index (χ2v) is 8.87. The van der Waals surface area contributed by atoms with Crippen LogP contribution < -0.4 is 20.2 Å². The highest BCUT2D eigenvalue weighted by molar-refractivity contribution is 14.1. The Labute approximate surface area is 209 Å². The molecule has 32 heavy (non-hydrogen) atoms. The van der Waals surface area contributed by atoms with E-state index in [1.807, 2.05) is 73.7 Å². The third kappa shape index (κ3) is 7.83. The minimum atomic E-state index is -0.237. The van der Waals surface area contributed by atoms with Crippen molar-refractivity contribution in [2.75, 3.05) is 18.5 Å². The molecule has 0 bridgehead atoms. The molecule has 3 rings (SSSR count). The van der Waals surface area contributed by atoms with Crippen molar-refractivity contribution in [2.24, 2.45) is 5.10 Å². The number of nitrogens with one attached hydrogen (secondary N) is 2. The van der Waals surface area contributed by atoms with E-state index in [0.717, 1.165) is 24.9 Å². The van der Waals surface area contributed by atoms with Crippen molar-refractivity contribution in [3.8, 4) is 11.5 Å². The van der Waals surface area contributed by atoms with E-state index in [0.29, 0.717) is 24.7 Å². The maximum Gasteiger partial charge on any atom is 0.259 e. The topological polar surface area (TPSA) is 72.0 Å². The fraction of sp³-hybridized carbons (Fsp3) is 0.167. The lowest BCUT2D eigenvalue weighted by atomic mass is 10.2. The van der Waals surface area contributed by atoms with E-state index in [9.17, 15) is 4.79 Å². The molecule has 0 aromatic heterocycles. The molecule has 0 atom stereocenters. The van der Waals surface area contributed by atoms with Crippen LogP contribution in [0.4, 0.5) is 5.69 Å². The summed E-state index contributed by atoms with van der Waals surface area (Å²) in [6, 6.07) is 21.3. The van der Waals surface area contributed by atoms with Crippen molar-refractivity contribution in [1.82, 2.24) is 5.43 Å². The Morgan fingerprint density at radius 3 is 2.50 bits per heavy atom. The van der Waals surface area contributed by atoms with Gasteiger partial charge < -0.3 is 14.8 Å². The van der Waals surface area contributed by atoms with Gasteiger partial charge in [0.2, 0.25) is 0 Å². The standard InChI is InChI=1S/C24H23BrIN3O3/c1-2-31-23-13-18(5-12-22(23)32-16-17-3-6-19(25)7-4-17)14-28-29-24(30)15-27-21-10-8-20(26)9-11-21/h3-14,27H,2,15-16H2,1H3,(H,29,30)/b28-14+. The molecule has 0 aliphatic heterocycles. The van der Waals surface area contributed by atoms with E-state index >= 15 is 0 Å². The zero-order valence-electron chi connectivity index (χ0n) is 17.5. The number of hydrazone groups is 1. The normalized spacial score (nSPS) is 10.7. The summed E-state index contributed by atoms with van der Waals surface area (Å²) in [6.07, 6.45) is 1.57. The van der Waals surface area contributed by atoms with Gasteiger partial charge in [0.1, 0.15) is 6.61 Å². The quantitative estimate of drug-likeness (QED) is 0.179. The molecule has 6 nitrogen and oxygen atoms in total. The van der Waals surface area contributed by atoms with Crippen LogP contribution in [0.2, 0.25) is 0 Å². The van der Waals surface area contributed by atoms with Gasteiger partial charge in [-0.1, -0.05) is 28.1 Å². The number of hydrogen-bond donors (Lipinski definition) is 2. The molecule has 2 N–H and O–H groups in total. The first-order valence-electron chi connectivity index (χ1n) is 9.99. The van der Waals surface area contributed by atoms with Gasteiger partial charge in [0.05, 0.1) is 19.4 Å². The lowest BCUT2D eigenvalue weighted by Gasteiger charge is -2.12. The van der Waals surface area contributed by atoms with E-state index in [-0.39, 0.29) is 12.5 Å². The lowest BCUT2D eigenvalue weighted by Crippen LogP contribution is -2.25. The summed E-state index contributed by atoms with van der Waals surface area (Å²) >= 11 is 5.66. The molecule has 3 aromatic carbocycles. The molecule has 0 unspecified atom stereocenters. The minimum absolute atomic E-state index is 0.130. The van der Waals surface area contributed by atoms with Crippen LogP contribution in [0.1, 0.15) is 18.1 Å². The molecule has 0 saturated heterocycles. The van der Waals surface area contributed by atoms with Crippen LogP contribution in [-0.2, 0) is 11.4 Å². The number of carbonyl (C=O) groups excluding carboxylic acids is 1. The first kappa shape index (κ1) is 24.1. The first-order chi connectivity index (χ1) is 15.5. The fourth-order valence-electron chi connectivity index (χ4n) is 2.70. The van der Waals surface area contributed by atoms with Crippen molar-refractivity contribution < 1.29 is 14.3 Å². The Morgan fingerprint density at radius 2 is 1.78 bits per heavy atom. The predicted octanol–water partition coefficient (Wildman–Crippen LogP) is 5.59. The number of halogens is 2. The smallest absolute Gasteiger partial charge is 0.259 e. The molecular formula is C24H23BrIN3O3. The summed E-state index contributed by atoms with van der Waals surface area (Å²) in [5, 5.41) is 7.09. The van der Waals surface area contributed by atoms with Gasteiger partial charge >= 0.3 is 0 Å². The van der Waals surface area contributed by atoms with Crippen LogP contribution in [0.5, 0.6) is 11.5 Å². The van der Waals surface area contributed by atoms with E-state index in [2.05, 4.69) is 54.4 Å². The molecule has 0 saturated carbocycles. The van der Waals surface area contributed by atoms with E-state index < -0.39 is 0 Å². The molecule has 0 fully saturated rings. The summed E-state index contributed by atoms with van der Waals surface area (Å²) in [7, 11) is 0. The number of anilines is 1. The Bertz CT molecular complexity index is 1060. The van der Waals surface area contributed by atoms with Gasteiger partial charge in [-0.3, -0.25) is 4.79 Å². The summed E-state index contributed by atoms with van der Waals surface area (Å²) < 4.78 is 13.8. The van der Waals surface area contributed by atoms with Gasteiger partial charge in [-0.05, 0) is 95.2 Å². The van der Waals surface area contributed by atoms with E-state index in [4.69, 9.17) is 9.47 Å². The summed E-state index contributed by atoms with van der Waals surface area (Å²) in [5.74, 6) is 1.04. The van der Waals surface area contributed by atoms with Crippen LogP contribution in [0, 0.1) is 3.57 Å². The van der Waals surface area contributed by atoms with Crippen molar-refractivity contribution in [2.45, 2.75) is 13.5 Å². The first-order valence-corrected chi connectivity index (χ1v) is 11.9. The number of carbonyl (C=O) groups is 1. The Kier molecular flexibility index (Phi) is 9.36. The van der Waals surface area contributed by atoms with Crippen LogP contribution in [0.15, 0.2) is 76.3 Å². The largest absolute Gasteiger partial charge is 0.490 e. The number of rotatable bonds is 10. The molecule has 166 valence electrons. The predicted molar refractivity (Wildman–Crippen MR) is 139 cm³/mol. The molecular weight excluding hydrogens is 585 g/mol. The average Bonchev–Trinajstić information content (AvgIpc) is 2.79. The highest BCUT2D eigenvalue weighted by atomic mass is 127. The number of benzene rings is 3. The van der Waals surface area contributed by atoms with E-state index in [1.54, 1.807) is 6.21 Å². The zero-order valence-corrected chi connectivity index (χ0v) is 21.2. The number of nitrogens with zero attached hydrogens (tertiary/aromatic N) is 1. The van der Waals surface area contributed by atoms with Gasteiger partial charge in [-0.2, -0.15) is 5.10 Å². The molecule has 0 heterocycles. The van der Waals surface area contributed by atoms with Crippen LogP contribution in [0.3, 0.4) is 0 Å². The Morgan fingerprint density at radius 1 is 1.03 bits per heavy atom. The van der Waals surface area contributed by atoms with Gasteiger partial charge in [-0.25, -0.2) is 5.43 Å². The Hall–Kier alpha value is -2.59. The molecule has 0 radical (unpaired) electrons. The number of ether oxygens (including phenoxy) is 2. The number of amides is 1. The average molecular weight is 608 g/mol. The monoisotopic (exact) mass is 607 g/mol. The molecule has 0 aliphatic carbocycles. The molecule has 1 amide bonds. The van der Waals surface area contributed by atoms with Gasteiger partial charge in [-0.15, -0.1) is 0 Å².